The SMILES string of the molecule is CSc1nc(NN)cc(Nc2ccc(Cl)cc2Cl)n1. The van der Waals surface area contributed by atoms with Gasteiger partial charge in [-0.1, -0.05) is 35.0 Å². The van der Waals surface area contributed by atoms with Crippen LogP contribution in [0.1, 0.15) is 0 Å². The molecule has 1 aromatic carbocycles. The molecule has 0 fully saturated rings. The van der Waals surface area contributed by atoms with Crippen molar-refractivity contribution < 1.29 is 0 Å². The minimum Gasteiger partial charge on any atom is -0.339 e. The van der Waals surface area contributed by atoms with E-state index in [0.717, 1.165) is 0 Å². The molecule has 0 aliphatic heterocycles. The first kappa shape index (κ1) is 14.2. The van der Waals surface area contributed by atoms with Crippen LogP contribution >= 0.6 is 35.0 Å². The molecule has 0 saturated carbocycles. The van der Waals surface area contributed by atoms with Gasteiger partial charge in [0.25, 0.3) is 0 Å². The summed E-state index contributed by atoms with van der Waals surface area (Å²) >= 11 is 13.4. The minimum atomic E-state index is 0.513. The van der Waals surface area contributed by atoms with Gasteiger partial charge in [-0.25, -0.2) is 15.8 Å². The van der Waals surface area contributed by atoms with Crippen molar-refractivity contribution >= 4 is 52.3 Å². The molecule has 0 unspecified atom stereocenters. The average Bonchev–Trinajstić information content (AvgIpc) is 2.41. The lowest BCUT2D eigenvalue weighted by atomic mass is 10.3. The molecule has 100 valence electrons. The van der Waals surface area contributed by atoms with Gasteiger partial charge in [0.15, 0.2) is 5.16 Å². The van der Waals surface area contributed by atoms with Gasteiger partial charge in [-0.2, -0.15) is 0 Å². The van der Waals surface area contributed by atoms with Crippen LogP contribution in [0.5, 0.6) is 0 Å². The predicted octanol–water partition coefficient (Wildman–Crippen LogP) is 3.53. The van der Waals surface area contributed by atoms with Gasteiger partial charge in [-0.15, -0.1) is 0 Å². The number of hydrogen-bond donors (Lipinski definition) is 3. The van der Waals surface area contributed by atoms with Crippen LogP contribution in [0.15, 0.2) is 29.4 Å². The molecule has 5 nitrogen and oxygen atoms in total. The monoisotopic (exact) mass is 315 g/mol. The number of rotatable bonds is 4. The fraction of sp³-hybridized carbons (Fsp3) is 0.0909. The molecule has 0 atom stereocenters. The number of nitrogens with zero attached hydrogens (tertiary/aromatic N) is 2. The van der Waals surface area contributed by atoms with Crippen LogP contribution in [-0.4, -0.2) is 16.2 Å². The van der Waals surface area contributed by atoms with E-state index in [1.807, 2.05) is 6.26 Å². The lowest BCUT2D eigenvalue weighted by Crippen LogP contribution is -2.10. The van der Waals surface area contributed by atoms with Gasteiger partial charge in [0, 0.05) is 11.1 Å². The van der Waals surface area contributed by atoms with Gasteiger partial charge in [0.05, 0.1) is 10.7 Å². The minimum absolute atomic E-state index is 0.513. The lowest BCUT2D eigenvalue weighted by molar-refractivity contribution is 0.971. The molecule has 0 radical (unpaired) electrons. The summed E-state index contributed by atoms with van der Waals surface area (Å²) in [7, 11) is 0. The van der Waals surface area contributed by atoms with Gasteiger partial charge in [0.2, 0.25) is 0 Å². The lowest BCUT2D eigenvalue weighted by Gasteiger charge is -2.10. The van der Waals surface area contributed by atoms with Crippen LogP contribution in [0, 0.1) is 0 Å². The maximum Gasteiger partial charge on any atom is 0.191 e. The highest BCUT2D eigenvalue weighted by Gasteiger charge is 2.06. The molecule has 0 bridgehead atoms. The number of nitrogen functional groups attached to an aromatic ring is 1. The van der Waals surface area contributed by atoms with Gasteiger partial charge in [-0.3, -0.25) is 0 Å². The Morgan fingerprint density at radius 2 is 1.89 bits per heavy atom. The van der Waals surface area contributed by atoms with Crippen molar-refractivity contribution in [3.05, 3.63) is 34.3 Å². The Kier molecular flexibility index (Phi) is 4.71. The molecule has 2 aromatic rings. The van der Waals surface area contributed by atoms with Crippen LogP contribution in [0.4, 0.5) is 17.3 Å². The fourth-order valence-electron chi connectivity index (χ4n) is 1.38. The van der Waals surface area contributed by atoms with Crippen LogP contribution < -0.4 is 16.6 Å². The molecule has 0 saturated heterocycles. The zero-order chi connectivity index (χ0) is 13.8. The number of anilines is 3. The fourth-order valence-corrected chi connectivity index (χ4v) is 2.22. The molecule has 0 amide bonds. The molecule has 8 heteroatoms. The van der Waals surface area contributed by atoms with Crippen LogP contribution in [0.25, 0.3) is 0 Å². The number of nitrogens with one attached hydrogen (secondary N) is 2. The zero-order valence-electron chi connectivity index (χ0n) is 9.95. The third-order valence-electron chi connectivity index (χ3n) is 2.23. The van der Waals surface area contributed by atoms with E-state index in [1.54, 1.807) is 24.3 Å². The second kappa shape index (κ2) is 6.29. The van der Waals surface area contributed by atoms with Crippen molar-refractivity contribution in [2.75, 3.05) is 17.0 Å². The molecule has 1 aromatic heterocycles. The molecule has 0 aliphatic rings. The van der Waals surface area contributed by atoms with Crippen LogP contribution in [0.3, 0.4) is 0 Å². The summed E-state index contributed by atoms with van der Waals surface area (Å²) in [5.41, 5.74) is 3.20. The topological polar surface area (TPSA) is 75.9 Å². The van der Waals surface area contributed by atoms with Gasteiger partial charge >= 0.3 is 0 Å². The van der Waals surface area contributed by atoms with E-state index >= 15 is 0 Å². The molecule has 1 heterocycles. The largest absolute Gasteiger partial charge is 0.339 e. The first-order valence-corrected chi connectivity index (χ1v) is 7.22. The number of benzene rings is 1. The second-order valence-corrected chi connectivity index (χ2v) is 5.14. The molecular weight excluding hydrogens is 305 g/mol. The summed E-state index contributed by atoms with van der Waals surface area (Å²) in [6, 6.07) is 6.87. The van der Waals surface area contributed by atoms with E-state index in [4.69, 9.17) is 29.0 Å². The standard InChI is InChI=1S/C11H11Cl2N5S/c1-19-11-16-9(5-10(17-11)18-14)15-8-3-2-6(12)4-7(8)13/h2-5H,14H2,1H3,(H2,15,16,17,18). The molecule has 2 rings (SSSR count). The van der Waals surface area contributed by atoms with Crippen molar-refractivity contribution in [2.24, 2.45) is 5.84 Å². The summed E-state index contributed by atoms with van der Waals surface area (Å²) in [6.45, 7) is 0. The Labute approximate surface area is 124 Å². The third-order valence-corrected chi connectivity index (χ3v) is 3.33. The Hall–Kier alpha value is -1.21. The first-order chi connectivity index (χ1) is 9.12. The zero-order valence-corrected chi connectivity index (χ0v) is 12.3. The van der Waals surface area contributed by atoms with E-state index in [2.05, 4.69) is 20.7 Å². The van der Waals surface area contributed by atoms with E-state index < -0.39 is 0 Å². The first-order valence-electron chi connectivity index (χ1n) is 5.24. The van der Waals surface area contributed by atoms with Crippen molar-refractivity contribution in [3.63, 3.8) is 0 Å². The molecule has 0 aliphatic carbocycles. The summed E-state index contributed by atoms with van der Waals surface area (Å²) in [5.74, 6) is 6.48. The van der Waals surface area contributed by atoms with Crippen LogP contribution in [0.2, 0.25) is 10.0 Å². The summed E-state index contributed by atoms with van der Waals surface area (Å²) in [4.78, 5) is 8.48. The quantitative estimate of drug-likeness (QED) is 0.347. The average molecular weight is 316 g/mol. The van der Waals surface area contributed by atoms with E-state index in [0.29, 0.717) is 32.5 Å². The Balaban J connectivity index is 2.31. The highest BCUT2D eigenvalue weighted by atomic mass is 35.5. The molecule has 4 N–H and O–H groups in total. The highest BCUT2D eigenvalue weighted by Crippen LogP contribution is 2.28. The molecule has 19 heavy (non-hydrogen) atoms. The summed E-state index contributed by atoms with van der Waals surface area (Å²) < 4.78 is 0. The summed E-state index contributed by atoms with van der Waals surface area (Å²) in [5, 5.41) is 4.79. The Bertz CT molecular complexity index is 571. The normalized spacial score (nSPS) is 10.3. The van der Waals surface area contributed by atoms with Gasteiger partial charge < -0.3 is 10.7 Å². The molecule has 0 spiro atoms. The second-order valence-electron chi connectivity index (χ2n) is 3.52. The van der Waals surface area contributed by atoms with Crippen LogP contribution in [-0.2, 0) is 0 Å². The van der Waals surface area contributed by atoms with Crippen molar-refractivity contribution in [1.29, 1.82) is 0 Å². The number of hydrazine groups is 1. The number of thioether (sulfide) groups is 1. The van der Waals surface area contributed by atoms with Gasteiger partial charge in [-0.05, 0) is 24.5 Å². The van der Waals surface area contributed by atoms with Crippen molar-refractivity contribution in [3.8, 4) is 0 Å². The predicted molar refractivity (Wildman–Crippen MR) is 81.4 cm³/mol. The maximum absolute atomic E-state index is 6.09. The summed E-state index contributed by atoms with van der Waals surface area (Å²) in [6.07, 6.45) is 1.88. The van der Waals surface area contributed by atoms with Crippen molar-refractivity contribution in [1.82, 2.24) is 9.97 Å². The molecular formula is C11H11Cl2N5S. The Morgan fingerprint density at radius 3 is 2.53 bits per heavy atom. The van der Waals surface area contributed by atoms with Gasteiger partial charge in [0.1, 0.15) is 11.6 Å². The van der Waals surface area contributed by atoms with Crippen molar-refractivity contribution in [2.45, 2.75) is 5.16 Å². The number of aromatic nitrogens is 2. The van der Waals surface area contributed by atoms with E-state index in [-0.39, 0.29) is 0 Å². The number of nitrogens with two attached hydrogens (primary N) is 1. The van der Waals surface area contributed by atoms with E-state index in [9.17, 15) is 0 Å². The van der Waals surface area contributed by atoms with E-state index in [1.165, 1.54) is 11.8 Å². The third kappa shape index (κ3) is 3.63. The number of hydrogen-bond acceptors (Lipinski definition) is 6. The maximum atomic E-state index is 6.09. The smallest absolute Gasteiger partial charge is 0.191 e. The Morgan fingerprint density at radius 1 is 1.16 bits per heavy atom. The highest BCUT2D eigenvalue weighted by molar-refractivity contribution is 7.98. The number of halogens is 2.